The Hall–Kier alpha value is -0.990. The van der Waals surface area contributed by atoms with Crippen LogP contribution >= 0.6 is 23.2 Å². The van der Waals surface area contributed by atoms with Crippen molar-refractivity contribution in [1.29, 1.82) is 0 Å². The van der Waals surface area contributed by atoms with E-state index in [1.54, 1.807) is 12.1 Å². The van der Waals surface area contributed by atoms with Crippen LogP contribution in [0.25, 0.3) is 11.3 Å². The molecule has 0 spiro atoms. The topological polar surface area (TPSA) is 26.0 Å². The molecule has 1 aromatic carbocycles. The molecule has 65 valence electrons. The van der Waals surface area contributed by atoms with Crippen LogP contribution in [-0.4, -0.2) is 5.16 Å². The van der Waals surface area contributed by atoms with E-state index in [2.05, 4.69) is 15.9 Å². The predicted molar refractivity (Wildman–Crippen MR) is 50.8 cm³/mol. The van der Waals surface area contributed by atoms with Crippen LogP contribution in [-0.2, 0) is 0 Å². The average Bonchev–Trinajstić information content (AvgIpc) is 2.51. The maximum absolute atomic E-state index is 5.80. The first-order valence-electron chi connectivity index (χ1n) is 3.56. The van der Waals surface area contributed by atoms with Crippen molar-refractivity contribution >= 4 is 23.2 Å². The first-order valence-corrected chi connectivity index (χ1v) is 4.32. The van der Waals surface area contributed by atoms with Crippen LogP contribution in [0, 0.1) is 6.26 Å². The number of halogens is 2. The van der Waals surface area contributed by atoms with E-state index in [0.29, 0.717) is 15.7 Å². The largest absolute Gasteiger partial charge is 0.350 e. The zero-order valence-corrected chi connectivity index (χ0v) is 7.93. The molecule has 0 fully saturated rings. The third-order valence-electron chi connectivity index (χ3n) is 1.58. The van der Waals surface area contributed by atoms with Gasteiger partial charge in [-0.05, 0) is 12.1 Å². The summed E-state index contributed by atoms with van der Waals surface area (Å²) in [6.45, 7) is 0. The molecular formula is C9H4Cl2NO. The van der Waals surface area contributed by atoms with Gasteiger partial charge in [-0.15, -0.1) is 0 Å². The molecule has 4 heteroatoms. The predicted octanol–water partition coefficient (Wildman–Crippen LogP) is 3.45. The monoisotopic (exact) mass is 212 g/mol. The molecule has 0 saturated carbocycles. The smallest absolute Gasteiger partial charge is 0.225 e. The van der Waals surface area contributed by atoms with Crippen LogP contribution < -0.4 is 0 Å². The first-order chi connectivity index (χ1) is 6.27. The highest BCUT2D eigenvalue weighted by atomic mass is 35.5. The van der Waals surface area contributed by atoms with Gasteiger partial charge in [0.05, 0.1) is 0 Å². The van der Waals surface area contributed by atoms with Crippen molar-refractivity contribution in [2.45, 2.75) is 0 Å². The Balaban J connectivity index is 2.53. The summed E-state index contributed by atoms with van der Waals surface area (Å²) in [6.07, 6.45) is 2.42. The van der Waals surface area contributed by atoms with E-state index in [0.717, 1.165) is 5.56 Å². The minimum atomic E-state index is 0.363. The number of hydrogen-bond acceptors (Lipinski definition) is 2. The van der Waals surface area contributed by atoms with Gasteiger partial charge in [-0.3, -0.25) is 0 Å². The fourth-order valence-corrected chi connectivity index (χ4v) is 1.38. The molecule has 1 aromatic heterocycles. The van der Waals surface area contributed by atoms with E-state index >= 15 is 0 Å². The molecule has 0 N–H and O–H groups in total. The molecule has 0 atom stereocenters. The summed E-state index contributed by atoms with van der Waals surface area (Å²) in [5.74, 6) is 0. The number of hydrogen-bond donors (Lipinski definition) is 0. The van der Waals surface area contributed by atoms with Gasteiger partial charge in [0, 0.05) is 10.6 Å². The van der Waals surface area contributed by atoms with Gasteiger partial charge in [-0.1, -0.05) is 40.5 Å². The highest BCUT2D eigenvalue weighted by molar-refractivity contribution is 6.33. The van der Waals surface area contributed by atoms with Gasteiger partial charge in [0.1, 0.15) is 10.7 Å². The van der Waals surface area contributed by atoms with Crippen molar-refractivity contribution in [2.24, 2.45) is 0 Å². The van der Waals surface area contributed by atoms with Crippen LogP contribution in [0.1, 0.15) is 0 Å². The van der Waals surface area contributed by atoms with E-state index < -0.39 is 0 Å². The Kier molecular flexibility index (Phi) is 2.25. The molecule has 0 aliphatic heterocycles. The van der Waals surface area contributed by atoms with Crippen LogP contribution in [0.2, 0.25) is 10.0 Å². The molecule has 0 aliphatic carbocycles. The molecular weight excluding hydrogens is 209 g/mol. The van der Waals surface area contributed by atoms with Crippen molar-refractivity contribution < 1.29 is 4.52 Å². The Morgan fingerprint density at radius 1 is 1.31 bits per heavy atom. The van der Waals surface area contributed by atoms with Crippen molar-refractivity contribution in [1.82, 2.24) is 5.16 Å². The normalized spacial score (nSPS) is 10.3. The third kappa shape index (κ3) is 1.69. The van der Waals surface area contributed by atoms with E-state index in [1.165, 1.54) is 0 Å². The van der Waals surface area contributed by atoms with Gasteiger partial charge < -0.3 is 4.52 Å². The summed E-state index contributed by atoms with van der Waals surface area (Å²) in [6, 6.07) is 7.22. The molecule has 13 heavy (non-hydrogen) atoms. The summed E-state index contributed by atoms with van der Waals surface area (Å²) in [7, 11) is 0. The maximum Gasteiger partial charge on any atom is 0.225 e. The zero-order valence-electron chi connectivity index (χ0n) is 6.42. The lowest BCUT2D eigenvalue weighted by Crippen LogP contribution is -1.77. The second kappa shape index (κ2) is 3.40. The summed E-state index contributed by atoms with van der Waals surface area (Å²) < 4.78 is 4.59. The van der Waals surface area contributed by atoms with Crippen LogP contribution in [0.15, 0.2) is 28.8 Å². The van der Waals surface area contributed by atoms with E-state index in [1.807, 2.05) is 12.1 Å². The molecule has 2 aromatic rings. The fraction of sp³-hybridized carbons (Fsp3) is 0. The second-order valence-corrected chi connectivity index (χ2v) is 3.27. The fourth-order valence-electron chi connectivity index (χ4n) is 1.01. The van der Waals surface area contributed by atoms with Crippen LogP contribution in [0.4, 0.5) is 0 Å². The molecule has 2 nitrogen and oxygen atoms in total. The minimum absolute atomic E-state index is 0.363. The van der Waals surface area contributed by atoms with Crippen molar-refractivity contribution in [3.8, 4) is 11.3 Å². The van der Waals surface area contributed by atoms with Gasteiger partial charge in [-0.25, -0.2) is 0 Å². The molecule has 0 aliphatic rings. The Bertz CT molecular complexity index is 425. The second-order valence-electron chi connectivity index (χ2n) is 2.46. The van der Waals surface area contributed by atoms with Gasteiger partial charge in [0.25, 0.3) is 0 Å². The van der Waals surface area contributed by atoms with Crippen LogP contribution in [0.5, 0.6) is 0 Å². The first kappa shape index (κ1) is 8.60. The van der Waals surface area contributed by atoms with Gasteiger partial charge in [0.2, 0.25) is 6.26 Å². The lowest BCUT2D eigenvalue weighted by atomic mass is 10.2. The minimum Gasteiger partial charge on any atom is -0.350 e. The summed E-state index contributed by atoms with van der Waals surface area (Å²) >= 11 is 11.6. The van der Waals surface area contributed by atoms with Gasteiger partial charge in [-0.2, -0.15) is 0 Å². The lowest BCUT2D eigenvalue weighted by molar-refractivity contribution is 0.415. The van der Waals surface area contributed by atoms with Crippen LogP contribution in [0.3, 0.4) is 0 Å². The molecule has 0 unspecified atom stereocenters. The van der Waals surface area contributed by atoms with E-state index in [-0.39, 0.29) is 0 Å². The summed E-state index contributed by atoms with van der Waals surface area (Å²) in [4.78, 5) is 0. The van der Waals surface area contributed by atoms with Gasteiger partial charge in [0.15, 0.2) is 0 Å². The van der Waals surface area contributed by atoms with Crippen molar-refractivity contribution in [2.75, 3.05) is 0 Å². The zero-order chi connectivity index (χ0) is 9.26. The molecule has 1 heterocycles. The molecule has 0 saturated heterocycles. The van der Waals surface area contributed by atoms with Crippen molar-refractivity contribution in [3.63, 3.8) is 0 Å². The SMILES string of the molecule is Clc1cccc(-c2no[c]c2Cl)c1. The number of aromatic nitrogens is 1. The molecule has 2 rings (SSSR count). The van der Waals surface area contributed by atoms with E-state index in [9.17, 15) is 0 Å². The van der Waals surface area contributed by atoms with E-state index in [4.69, 9.17) is 23.2 Å². The number of rotatable bonds is 1. The molecule has 1 radical (unpaired) electrons. The summed E-state index contributed by atoms with van der Waals surface area (Å²) in [5.41, 5.74) is 1.38. The maximum atomic E-state index is 5.80. The summed E-state index contributed by atoms with van der Waals surface area (Å²) in [5, 5.41) is 4.70. The highest BCUT2D eigenvalue weighted by Crippen LogP contribution is 2.27. The molecule has 0 amide bonds. The number of nitrogens with zero attached hydrogens (tertiary/aromatic N) is 1. The van der Waals surface area contributed by atoms with Gasteiger partial charge >= 0.3 is 0 Å². The lowest BCUT2D eigenvalue weighted by Gasteiger charge is -1.95. The quantitative estimate of drug-likeness (QED) is 0.724. The Morgan fingerprint density at radius 3 is 2.77 bits per heavy atom. The van der Waals surface area contributed by atoms with Crippen molar-refractivity contribution in [3.05, 3.63) is 40.6 Å². The third-order valence-corrected chi connectivity index (χ3v) is 2.07. The molecule has 0 bridgehead atoms. The Labute approximate surface area is 85.1 Å². The number of benzene rings is 1. The average molecular weight is 213 g/mol. The highest BCUT2D eigenvalue weighted by Gasteiger charge is 2.08. The standard InChI is InChI=1S/C9H4Cl2NO/c10-7-3-1-2-6(4-7)9-8(11)5-13-12-9/h1-4H. The Morgan fingerprint density at radius 2 is 2.15 bits per heavy atom.